The first-order chi connectivity index (χ1) is 8.74. The van der Waals surface area contributed by atoms with Gasteiger partial charge in [-0.15, -0.1) is 0 Å². The molecule has 0 saturated carbocycles. The average molecular weight is 242 g/mol. The molecule has 2 rings (SSSR count). The Labute approximate surface area is 104 Å². The van der Waals surface area contributed by atoms with Crippen LogP contribution in [0.3, 0.4) is 0 Å². The van der Waals surface area contributed by atoms with E-state index in [2.05, 4.69) is 9.97 Å². The summed E-state index contributed by atoms with van der Waals surface area (Å²) in [4.78, 5) is 7.68. The summed E-state index contributed by atoms with van der Waals surface area (Å²) < 4.78 is 10.7. The standard InChI is InChI=1S/C12H10N4O2/c1-17-11-4-8(5-13)2-3-10(11)18-12-9(14)6-15-7-16-12/h2-4,6-7H,14H2,1H3. The highest BCUT2D eigenvalue weighted by Gasteiger charge is 2.09. The molecule has 1 aromatic carbocycles. The second-order valence-electron chi connectivity index (χ2n) is 3.36. The summed E-state index contributed by atoms with van der Waals surface area (Å²) in [5, 5.41) is 8.80. The maximum absolute atomic E-state index is 8.80. The fraction of sp³-hybridized carbons (Fsp3) is 0.0833. The van der Waals surface area contributed by atoms with Gasteiger partial charge in [-0.2, -0.15) is 10.2 Å². The average Bonchev–Trinajstić information content (AvgIpc) is 2.41. The van der Waals surface area contributed by atoms with Crippen molar-refractivity contribution in [3.63, 3.8) is 0 Å². The Kier molecular flexibility index (Phi) is 3.25. The second-order valence-corrected chi connectivity index (χ2v) is 3.36. The van der Waals surface area contributed by atoms with Crippen LogP contribution < -0.4 is 15.2 Å². The van der Waals surface area contributed by atoms with Crippen LogP contribution in [0.2, 0.25) is 0 Å². The topological polar surface area (TPSA) is 94.0 Å². The molecule has 0 aliphatic carbocycles. The lowest BCUT2D eigenvalue weighted by Gasteiger charge is -2.10. The number of rotatable bonds is 3. The molecule has 0 saturated heterocycles. The molecule has 0 aliphatic rings. The Bertz CT molecular complexity index is 607. The van der Waals surface area contributed by atoms with Gasteiger partial charge in [0.05, 0.1) is 24.9 Å². The minimum Gasteiger partial charge on any atom is -0.493 e. The zero-order valence-corrected chi connectivity index (χ0v) is 9.62. The minimum absolute atomic E-state index is 0.244. The summed E-state index contributed by atoms with van der Waals surface area (Å²) in [6.07, 6.45) is 2.78. The van der Waals surface area contributed by atoms with Crippen LogP contribution in [-0.4, -0.2) is 17.1 Å². The van der Waals surface area contributed by atoms with Crippen molar-refractivity contribution in [1.29, 1.82) is 5.26 Å². The number of hydrogen-bond acceptors (Lipinski definition) is 6. The van der Waals surface area contributed by atoms with Gasteiger partial charge in [0.15, 0.2) is 11.5 Å². The highest BCUT2D eigenvalue weighted by atomic mass is 16.5. The third-order valence-electron chi connectivity index (χ3n) is 2.20. The van der Waals surface area contributed by atoms with E-state index in [4.69, 9.17) is 20.5 Å². The van der Waals surface area contributed by atoms with E-state index in [1.54, 1.807) is 18.2 Å². The fourth-order valence-corrected chi connectivity index (χ4v) is 1.34. The van der Waals surface area contributed by atoms with Crippen LogP contribution in [0.4, 0.5) is 5.69 Å². The molecule has 2 aromatic rings. The van der Waals surface area contributed by atoms with Crippen molar-refractivity contribution in [2.75, 3.05) is 12.8 Å². The fourth-order valence-electron chi connectivity index (χ4n) is 1.34. The van der Waals surface area contributed by atoms with Gasteiger partial charge in [-0.1, -0.05) is 0 Å². The number of aromatic nitrogens is 2. The van der Waals surface area contributed by atoms with Crippen LogP contribution in [-0.2, 0) is 0 Å². The second kappa shape index (κ2) is 5.01. The quantitative estimate of drug-likeness (QED) is 0.880. The Morgan fingerprint density at radius 3 is 2.83 bits per heavy atom. The van der Waals surface area contributed by atoms with Crippen molar-refractivity contribution in [2.45, 2.75) is 0 Å². The summed E-state index contributed by atoms with van der Waals surface area (Å²) in [6.45, 7) is 0. The summed E-state index contributed by atoms with van der Waals surface area (Å²) in [5.74, 6) is 1.11. The van der Waals surface area contributed by atoms with Crippen molar-refractivity contribution in [2.24, 2.45) is 0 Å². The lowest BCUT2D eigenvalue weighted by molar-refractivity contribution is 0.374. The molecule has 1 heterocycles. The number of nitrogen functional groups attached to an aromatic ring is 1. The van der Waals surface area contributed by atoms with Crippen molar-refractivity contribution in [3.05, 3.63) is 36.3 Å². The molecule has 1 aromatic heterocycles. The first-order valence-electron chi connectivity index (χ1n) is 5.06. The predicted molar refractivity (Wildman–Crippen MR) is 64.2 cm³/mol. The Morgan fingerprint density at radius 1 is 1.33 bits per heavy atom. The Hall–Kier alpha value is -2.81. The highest BCUT2D eigenvalue weighted by molar-refractivity contribution is 5.52. The van der Waals surface area contributed by atoms with Crippen LogP contribution in [0.5, 0.6) is 17.4 Å². The number of ether oxygens (including phenoxy) is 2. The zero-order valence-electron chi connectivity index (χ0n) is 9.62. The predicted octanol–water partition coefficient (Wildman–Crippen LogP) is 1.73. The van der Waals surface area contributed by atoms with Crippen molar-refractivity contribution in [3.8, 4) is 23.4 Å². The molecule has 0 fully saturated rings. The van der Waals surface area contributed by atoms with Gasteiger partial charge in [-0.05, 0) is 12.1 Å². The summed E-state index contributed by atoms with van der Waals surface area (Å²) in [5.41, 5.74) is 6.48. The van der Waals surface area contributed by atoms with Crippen LogP contribution in [0, 0.1) is 11.3 Å². The highest BCUT2D eigenvalue weighted by Crippen LogP contribution is 2.32. The SMILES string of the molecule is COc1cc(C#N)ccc1Oc1ncncc1N. The van der Waals surface area contributed by atoms with Crippen LogP contribution >= 0.6 is 0 Å². The Morgan fingerprint density at radius 2 is 2.17 bits per heavy atom. The number of nitriles is 1. The molecule has 18 heavy (non-hydrogen) atoms. The van der Waals surface area contributed by atoms with Crippen molar-refractivity contribution < 1.29 is 9.47 Å². The van der Waals surface area contributed by atoms with Gasteiger partial charge >= 0.3 is 0 Å². The number of nitrogens with zero attached hydrogens (tertiary/aromatic N) is 3. The molecule has 0 spiro atoms. The van der Waals surface area contributed by atoms with Gasteiger partial charge in [0.1, 0.15) is 12.0 Å². The number of nitrogens with two attached hydrogens (primary N) is 1. The molecule has 6 nitrogen and oxygen atoms in total. The van der Waals surface area contributed by atoms with E-state index in [1.165, 1.54) is 19.6 Å². The first kappa shape index (κ1) is 11.7. The summed E-state index contributed by atoms with van der Waals surface area (Å²) >= 11 is 0. The van der Waals surface area contributed by atoms with Crippen LogP contribution in [0.1, 0.15) is 5.56 Å². The molecule has 0 unspecified atom stereocenters. The van der Waals surface area contributed by atoms with Crippen molar-refractivity contribution >= 4 is 5.69 Å². The summed E-state index contributed by atoms with van der Waals surface area (Å²) in [6, 6.07) is 6.84. The third kappa shape index (κ3) is 2.30. The zero-order chi connectivity index (χ0) is 13.0. The molecule has 0 aliphatic heterocycles. The maximum atomic E-state index is 8.80. The van der Waals surface area contributed by atoms with Crippen LogP contribution in [0.15, 0.2) is 30.7 Å². The van der Waals surface area contributed by atoms with Gasteiger partial charge in [-0.25, -0.2) is 4.98 Å². The Balaban J connectivity index is 2.35. The monoisotopic (exact) mass is 242 g/mol. The number of benzene rings is 1. The van der Waals surface area contributed by atoms with E-state index in [9.17, 15) is 0 Å². The molecule has 90 valence electrons. The number of anilines is 1. The molecule has 0 bridgehead atoms. The smallest absolute Gasteiger partial charge is 0.245 e. The molecule has 2 N–H and O–H groups in total. The number of hydrogen-bond donors (Lipinski definition) is 1. The molecule has 0 atom stereocenters. The molecular weight excluding hydrogens is 232 g/mol. The lowest BCUT2D eigenvalue weighted by atomic mass is 10.2. The van der Waals surface area contributed by atoms with E-state index in [0.717, 1.165) is 0 Å². The van der Waals surface area contributed by atoms with E-state index < -0.39 is 0 Å². The third-order valence-corrected chi connectivity index (χ3v) is 2.20. The summed E-state index contributed by atoms with van der Waals surface area (Å²) in [7, 11) is 1.49. The normalized spacial score (nSPS) is 9.56. The van der Waals surface area contributed by atoms with Crippen molar-refractivity contribution in [1.82, 2.24) is 9.97 Å². The van der Waals surface area contributed by atoms with E-state index in [-0.39, 0.29) is 5.88 Å². The van der Waals surface area contributed by atoms with E-state index in [1.807, 2.05) is 6.07 Å². The van der Waals surface area contributed by atoms with E-state index >= 15 is 0 Å². The van der Waals surface area contributed by atoms with Gasteiger partial charge < -0.3 is 15.2 Å². The van der Waals surface area contributed by atoms with Crippen LogP contribution in [0.25, 0.3) is 0 Å². The molecular formula is C12H10N4O2. The maximum Gasteiger partial charge on any atom is 0.245 e. The molecule has 0 amide bonds. The molecule has 6 heteroatoms. The first-order valence-corrected chi connectivity index (χ1v) is 5.06. The van der Waals surface area contributed by atoms with E-state index in [0.29, 0.717) is 22.7 Å². The lowest BCUT2D eigenvalue weighted by Crippen LogP contribution is -1.97. The van der Waals surface area contributed by atoms with Gasteiger partial charge in [0.25, 0.3) is 0 Å². The molecule has 0 radical (unpaired) electrons. The number of methoxy groups -OCH3 is 1. The van der Waals surface area contributed by atoms with Gasteiger partial charge in [0.2, 0.25) is 5.88 Å². The van der Waals surface area contributed by atoms with Gasteiger partial charge in [-0.3, -0.25) is 0 Å². The largest absolute Gasteiger partial charge is 0.493 e. The van der Waals surface area contributed by atoms with Gasteiger partial charge in [0, 0.05) is 6.07 Å². The minimum atomic E-state index is 0.244.